The maximum Gasteiger partial charge on any atom is 0.344 e. The summed E-state index contributed by atoms with van der Waals surface area (Å²) in [4.78, 5) is 42.2. The molecule has 35 heavy (non-hydrogen) atoms. The number of hydrazine groups is 1. The molecule has 0 atom stereocenters. The topological polar surface area (TPSA) is 122 Å². The van der Waals surface area contributed by atoms with Crippen LogP contribution < -0.4 is 10.7 Å². The lowest BCUT2D eigenvalue weighted by molar-refractivity contribution is -0.139. The van der Waals surface area contributed by atoms with Crippen LogP contribution in [0.3, 0.4) is 0 Å². The second-order valence-electron chi connectivity index (χ2n) is 8.70. The molecule has 2 aliphatic rings. The van der Waals surface area contributed by atoms with Gasteiger partial charge in [0.15, 0.2) is 11.0 Å². The van der Waals surface area contributed by atoms with Gasteiger partial charge in [-0.3, -0.25) is 24.6 Å². The first-order valence-corrected chi connectivity index (χ1v) is 12.5. The van der Waals surface area contributed by atoms with E-state index >= 15 is 0 Å². The molecule has 1 aliphatic heterocycles. The van der Waals surface area contributed by atoms with Crippen LogP contribution in [0.15, 0.2) is 53.9 Å². The molecule has 10 nitrogen and oxygen atoms in total. The highest BCUT2D eigenvalue weighted by Gasteiger charge is 2.52. The van der Waals surface area contributed by atoms with E-state index in [9.17, 15) is 14.4 Å². The number of nitrogens with one attached hydrogen (secondary N) is 2. The minimum Gasteiger partial charge on any atom is -0.322 e. The van der Waals surface area contributed by atoms with Crippen molar-refractivity contribution in [1.82, 2.24) is 35.5 Å². The molecule has 4 amide bonds. The number of pyridine rings is 1. The molecule has 180 valence electrons. The number of aromatic nitrogens is 4. The second kappa shape index (κ2) is 9.49. The molecule has 0 radical (unpaired) electrons. The van der Waals surface area contributed by atoms with E-state index in [0.29, 0.717) is 23.8 Å². The number of hydrogen-bond donors (Lipinski definition) is 2. The first-order valence-electron chi connectivity index (χ1n) is 11.5. The number of benzene rings is 1. The maximum absolute atomic E-state index is 12.9. The summed E-state index contributed by atoms with van der Waals surface area (Å²) in [6.07, 6.45) is 7.34. The summed E-state index contributed by atoms with van der Waals surface area (Å²) in [5.41, 5.74) is 4.33. The van der Waals surface area contributed by atoms with Gasteiger partial charge in [0, 0.05) is 18.0 Å². The normalized spacial score (nSPS) is 17.0. The van der Waals surface area contributed by atoms with E-state index in [0.717, 1.165) is 41.1 Å². The fourth-order valence-corrected chi connectivity index (χ4v) is 5.32. The van der Waals surface area contributed by atoms with Crippen LogP contribution in [0.2, 0.25) is 0 Å². The van der Waals surface area contributed by atoms with E-state index in [1.165, 1.54) is 11.8 Å². The largest absolute Gasteiger partial charge is 0.344 e. The molecule has 2 N–H and O–H groups in total. The number of urea groups is 1. The molecule has 2 fully saturated rings. The molecule has 5 rings (SSSR count). The van der Waals surface area contributed by atoms with Gasteiger partial charge in [-0.15, -0.1) is 10.2 Å². The minimum absolute atomic E-state index is 0.0512. The summed E-state index contributed by atoms with van der Waals surface area (Å²) < 4.78 is 1.90. The summed E-state index contributed by atoms with van der Waals surface area (Å²) in [5.74, 6) is -0.289. The lowest BCUT2D eigenvalue weighted by Crippen LogP contribution is -2.51. The Labute approximate surface area is 206 Å². The van der Waals surface area contributed by atoms with Crippen molar-refractivity contribution in [3.05, 3.63) is 54.4 Å². The lowest BCUT2D eigenvalue weighted by atomic mass is 9.82. The number of imide groups is 1. The van der Waals surface area contributed by atoms with Gasteiger partial charge in [0.2, 0.25) is 5.91 Å². The Morgan fingerprint density at radius 3 is 2.57 bits per heavy atom. The van der Waals surface area contributed by atoms with Gasteiger partial charge in [0.1, 0.15) is 5.54 Å². The molecule has 11 heteroatoms. The number of carbonyl (C=O) groups is 3. The number of thioether (sulfide) groups is 1. The third-order valence-electron chi connectivity index (χ3n) is 6.37. The first-order chi connectivity index (χ1) is 17.0. The van der Waals surface area contributed by atoms with E-state index in [1.807, 2.05) is 47.9 Å². The Bertz CT molecular complexity index is 1270. The van der Waals surface area contributed by atoms with Crippen molar-refractivity contribution in [3.8, 4) is 17.1 Å². The summed E-state index contributed by atoms with van der Waals surface area (Å²) >= 11 is 1.18. The fraction of sp³-hybridized carbons (Fsp3) is 0.333. The highest BCUT2D eigenvalue weighted by Crippen LogP contribution is 2.33. The molecule has 0 bridgehead atoms. The number of hydrogen-bond acceptors (Lipinski definition) is 7. The van der Waals surface area contributed by atoms with Gasteiger partial charge in [0.25, 0.3) is 5.91 Å². The number of nitrogens with zero attached hydrogens (tertiary/aromatic N) is 5. The molecule has 2 aromatic heterocycles. The number of para-hydroxylation sites is 1. The quantitative estimate of drug-likeness (QED) is 0.401. The predicted octanol–water partition coefficient (Wildman–Crippen LogP) is 3.02. The number of aryl methyl sites for hydroxylation is 1. The van der Waals surface area contributed by atoms with Crippen LogP contribution in [0.25, 0.3) is 17.1 Å². The highest BCUT2D eigenvalue weighted by atomic mass is 32.2. The van der Waals surface area contributed by atoms with Crippen LogP contribution in [0.5, 0.6) is 0 Å². The van der Waals surface area contributed by atoms with E-state index in [1.54, 1.807) is 12.4 Å². The molecule has 1 saturated heterocycles. The minimum atomic E-state index is -0.889. The zero-order valence-electron chi connectivity index (χ0n) is 19.2. The van der Waals surface area contributed by atoms with Crippen molar-refractivity contribution in [2.75, 3.05) is 5.75 Å². The van der Waals surface area contributed by atoms with Crippen LogP contribution in [0.1, 0.15) is 37.7 Å². The average molecular weight is 492 g/mol. The number of amides is 4. The molecule has 0 unspecified atom stereocenters. The lowest BCUT2D eigenvalue weighted by Gasteiger charge is -2.30. The van der Waals surface area contributed by atoms with E-state index in [-0.39, 0.29) is 11.7 Å². The van der Waals surface area contributed by atoms with Gasteiger partial charge in [-0.05, 0) is 43.5 Å². The van der Waals surface area contributed by atoms with Gasteiger partial charge < -0.3 is 5.32 Å². The van der Waals surface area contributed by atoms with Crippen LogP contribution in [0.4, 0.5) is 4.79 Å². The molecular formula is C24H25N7O3S. The second-order valence-corrected chi connectivity index (χ2v) is 9.64. The van der Waals surface area contributed by atoms with Crippen molar-refractivity contribution in [2.24, 2.45) is 0 Å². The Kier molecular flexibility index (Phi) is 6.25. The van der Waals surface area contributed by atoms with Crippen molar-refractivity contribution >= 4 is 29.6 Å². The van der Waals surface area contributed by atoms with E-state index in [4.69, 9.17) is 0 Å². The summed E-state index contributed by atoms with van der Waals surface area (Å²) in [5, 5.41) is 12.8. The third kappa shape index (κ3) is 4.39. The molecule has 1 aromatic carbocycles. The first kappa shape index (κ1) is 23.0. The summed E-state index contributed by atoms with van der Waals surface area (Å²) in [6.45, 7) is 1.99. The monoisotopic (exact) mass is 491 g/mol. The molecule has 3 heterocycles. The van der Waals surface area contributed by atoms with Gasteiger partial charge >= 0.3 is 6.03 Å². The van der Waals surface area contributed by atoms with Crippen LogP contribution in [-0.2, 0) is 9.59 Å². The summed E-state index contributed by atoms with van der Waals surface area (Å²) in [7, 11) is 0. The zero-order chi connectivity index (χ0) is 24.4. The Morgan fingerprint density at radius 2 is 1.83 bits per heavy atom. The predicted molar refractivity (Wildman–Crippen MR) is 129 cm³/mol. The van der Waals surface area contributed by atoms with Crippen molar-refractivity contribution < 1.29 is 14.4 Å². The molecule has 1 spiro atoms. The van der Waals surface area contributed by atoms with E-state index < -0.39 is 17.5 Å². The fourth-order valence-electron chi connectivity index (χ4n) is 4.59. The highest BCUT2D eigenvalue weighted by molar-refractivity contribution is 7.99. The molecule has 1 saturated carbocycles. The Morgan fingerprint density at radius 1 is 1.09 bits per heavy atom. The van der Waals surface area contributed by atoms with Crippen LogP contribution in [0, 0.1) is 6.92 Å². The Hall–Kier alpha value is -3.73. The SMILES string of the molecule is Cc1ccccc1-n1c(SCC(=O)NN2C(=O)NC3(CCCCC3)C2=O)nnc1-c1ccncc1. The Balaban J connectivity index is 1.34. The van der Waals surface area contributed by atoms with Crippen molar-refractivity contribution in [1.29, 1.82) is 0 Å². The molecule has 1 aliphatic carbocycles. The van der Waals surface area contributed by atoms with Gasteiger partial charge in [-0.25, -0.2) is 4.79 Å². The standard InChI is InChI=1S/C24H25N7O3S/c1-16-7-3-4-8-18(16)30-20(17-9-13-25-14-10-17)27-28-23(30)35-15-19(32)29-31-21(33)24(26-22(31)34)11-5-2-6-12-24/h3-4,7-10,13-14H,2,5-6,11-12,15H2,1H3,(H,26,34)(H,29,32). The van der Waals surface area contributed by atoms with Crippen LogP contribution in [-0.4, -0.2) is 53.9 Å². The maximum atomic E-state index is 12.9. The van der Waals surface area contributed by atoms with E-state index in [2.05, 4.69) is 25.9 Å². The van der Waals surface area contributed by atoms with Gasteiger partial charge in [-0.2, -0.15) is 5.01 Å². The van der Waals surface area contributed by atoms with Crippen molar-refractivity contribution in [3.63, 3.8) is 0 Å². The average Bonchev–Trinajstić information content (AvgIpc) is 3.39. The van der Waals surface area contributed by atoms with Crippen LogP contribution >= 0.6 is 11.8 Å². The van der Waals surface area contributed by atoms with Crippen molar-refractivity contribution in [2.45, 2.75) is 49.7 Å². The third-order valence-corrected chi connectivity index (χ3v) is 7.29. The number of carbonyl (C=O) groups excluding carboxylic acids is 3. The zero-order valence-corrected chi connectivity index (χ0v) is 20.0. The smallest absolute Gasteiger partial charge is 0.322 e. The van der Waals surface area contributed by atoms with Gasteiger partial charge in [-0.1, -0.05) is 49.2 Å². The number of rotatable bonds is 6. The molecular weight excluding hydrogens is 466 g/mol. The van der Waals surface area contributed by atoms with Gasteiger partial charge in [0.05, 0.1) is 11.4 Å². The summed E-state index contributed by atoms with van der Waals surface area (Å²) in [6, 6.07) is 10.9. The molecule has 3 aromatic rings.